The van der Waals surface area contributed by atoms with Crippen LogP contribution in [0, 0.1) is 30.6 Å². The van der Waals surface area contributed by atoms with E-state index in [9.17, 15) is 9.90 Å². The normalized spacial score (nSPS) is 38.0. The predicted molar refractivity (Wildman–Crippen MR) is 86.6 cm³/mol. The summed E-state index contributed by atoms with van der Waals surface area (Å²) in [4.78, 5) is 12.1. The summed E-state index contributed by atoms with van der Waals surface area (Å²) in [6.45, 7) is 2.96. The second-order valence-corrected chi connectivity index (χ2v) is 8.04. The van der Waals surface area contributed by atoms with Crippen LogP contribution in [0.15, 0.2) is 12.3 Å². The monoisotopic (exact) mass is 317 g/mol. The first kappa shape index (κ1) is 15.2. The molecule has 4 saturated carbocycles. The minimum Gasteiger partial charge on any atom is -0.387 e. The van der Waals surface area contributed by atoms with Gasteiger partial charge in [-0.05, 0) is 68.8 Å². The van der Waals surface area contributed by atoms with Crippen molar-refractivity contribution in [3.05, 3.63) is 18.0 Å². The molecule has 1 heterocycles. The summed E-state index contributed by atoms with van der Waals surface area (Å²) in [5.74, 6) is 2.47. The molecule has 0 spiro atoms. The molecule has 126 valence electrons. The lowest BCUT2D eigenvalue weighted by Gasteiger charge is -2.58. The van der Waals surface area contributed by atoms with Crippen LogP contribution in [0.5, 0.6) is 0 Å². The summed E-state index contributed by atoms with van der Waals surface area (Å²) in [5, 5.41) is 18.5. The predicted octanol–water partition coefficient (Wildman–Crippen LogP) is 1.89. The van der Waals surface area contributed by atoms with E-state index in [0.717, 1.165) is 43.2 Å². The third-order valence-corrected chi connectivity index (χ3v) is 6.46. The van der Waals surface area contributed by atoms with Crippen LogP contribution in [0.4, 0.5) is 0 Å². The van der Waals surface area contributed by atoms with E-state index < -0.39 is 5.60 Å². The van der Waals surface area contributed by atoms with Gasteiger partial charge < -0.3 is 10.4 Å². The highest BCUT2D eigenvalue weighted by Gasteiger charge is 2.56. The molecule has 0 unspecified atom stereocenters. The lowest BCUT2D eigenvalue weighted by atomic mass is 9.50. The van der Waals surface area contributed by atoms with Gasteiger partial charge in [-0.25, -0.2) is 0 Å². The molecule has 5 heteroatoms. The first-order valence-corrected chi connectivity index (χ1v) is 9.02. The Morgan fingerprint density at radius 1 is 1.30 bits per heavy atom. The molecule has 0 radical (unpaired) electrons. The number of carbonyl (C=O) groups excluding carboxylic acids is 1. The number of rotatable bonds is 5. The van der Waals surface area contributed by atoms with Gasteiger partial charge in [-0.3, -0.25) is 9.48 Å². The maximum Gasteiger partial charge on any atom is 0.221 e. The molecular weight excluding hydrogens is 290 g/mol. The summed E-state index contributed by atoms with van der Waals surface area (Å²) >= 11 is 0. The maximum atomic E-state index is 12.1. The molecule has 0 aromatic carbocycles. The lowest BCUT2D eigenvalue weighted by molar-refractivity contribution is -0.171. The largest absolute Gasteiger partial charge is 0.387 e. The van der Waals surface area contributed by atoms with E-state index in [4.69, 9.17) is 0 Å². The van der Waals surface area contributed by atoms with Crippen LogP contribution in [0.1, 0.15) is 44.2 Å². The number of aromatic nitrogens is 2. The molecule has 0 aliphatic heterocycles. The molecule has 1 aromatic heterocycles. The molecular formula is C18H27N3O2. The molecule has 1 aromatic rings. The second kappa shape index (κ2) is 5.62. The van der Waals surface area contributed by atoms with Crippen LogP contribution in [-0.2, 0) is 11.3 Å². The molecule has 4 aliphatic rings. The second-order valence-electron chi connectivity index (χ2n) is 8.04. The summed E-state index contributed by atoms with van der Waals surface area (Å²) in [6, 6.07) is 1.94. The van der Waals surface area contributed by atoms with Crippen molar-refractivity contribution >= 4 is 5.91 Å². The van der Waals surface area contributed by atoms with Crippen LogP contribution >= 0.6 is 0 Å². The molecule has 5 rings (SSSR count). The Morgan fingerprint density at radius 2 is 1.96 bits per heavy atom. The van der Waals surface area contributed by atoms with Crippen molar-refractivity contribution in [2.45, 2.75) is 57.6 Å². The lowest BCUT2D eigenvalue weighted by Crippen LogP contribution is -2.62. The average Bonchev–Trinajstić information content (AvgIpc) is 2.93. The summed E-state index contributed by atoms with van der Waals surface area (Å²) in [5.41, 5.74) is 0.305. The molecule has 4 aliphatic carbocycles. The van der Waals surface area contributed by atoms with E-state index in [0.29, 0.717) is 31.3 Å². The van der Waals surface area contributed by atoms with Crippen molar-refractivity contribution in [2.75, 3.05) is 6.54 Å². The van der Waals surface area contributed by atoms with E-state index >= 15 is 0 Å². The first-order valence-electron chi connectivity index (χ1n) is 9.02. The van der Waals surface area contributed by atoms with Crippen molar-refractivity contribution in [1.82, 2.24) is 15.1 Å². The van der Waals surface area contributed by atoms with Crippen LogP contribution < -0.4 is 5.32 Å². The Hall–Kier alpha value is -1.36. The minimum atomic E-state index is -0.661. The van der Waals surface area contributed by atoms with Gasteiger partial charge in [0.05, 0.1) is 11.3 Å². The Kier molecular flexibility index (Phi) is 3.71. The number of aliphatic hydroxyl groups is 1. The molecule has 2 N–H and O–H groups in total. The smallest absolute Gasteiger partial charge is 0.221 e. The standard InChI is InChI=1S/C18H27N3O2/c1-12-2-4-21(20-12)5-3-17(22)19-11-18(23)15-7-13-6-14(9-15)10-16(18)8-13/h2,4,13-16,23H,3,5-11H2,1H3,(H,19,22). The number of nitrogens with zero attached hydrogens (tertiary/aromatic N) is 2. The van der Waals surface area contributed by atoms with Gasteiger partial charge >= 0.3 is 0 Å². The fourth-order valence-corrected chi connectivity index (χ4v) is 5.42. The fraction of sp³-hybridized carbons (Fsp3) is 0.778. The van der Waals surface area contributed by atoms with Crippen molar-refractivity contribution in [3.63, 3.8) is 0 Å². The molecule has 0 atom stereocenters. The molecule has 1 amide bonds. The first-order chi connectivity index (χ1) is 11.0. The van der Waals surface area contributed by atoms with Crippen LogP contribution in [0.25, 0.3) is 0 Å². The van der Waals surface area contributed by atoms with Gasteiger partial charge in [-0.2, -0.15) is 5.10 Å². The van der Waals surface area contributed by atoms with Gasteiger partial charge in [0.15, 0.2) is 0 Å². The molecule has 4 fully saturated rings. The van der Waals surface area contributed by atoms with E-state index in [-0.39, 0.29) is 5.91 Å². The average molecular weight is 317 g/mol. The topological polar surface area (TPSA) is 67.2 Å². The molecule has 4 bridgehead atoms. The third-order valence-electron chi connectivity index (χ3n) is 6.46. The van der Waals surface area contributed by atoms with E-state index in [1.54, 1.807) is 4.68 Å². The number of aryl methyl sites for hydroxylation is 2. The number of amides is 1. The highest BCUT2D eigenvalue weighted by atomic mass is 16.3. The Morgan fingerprint density at radius 3 is 2.52 bits per heavy atom. The van der Waals surface area contributed by atoms with Crippen molar-refractivity contribution in [2.24, 2.45) is 23.7 Å². The molecule has 5 nitrogen and oxygen atoms in total. The van der Waals surface area contributed by atoms with E-state index in [1.165, 1.54) is 6.42 Å². The van der Waals surface area contributed by atoms with Gasteiger partial charge in [0.1, 0.15) is 0 Å². The third kappa shape index (κ3) is 2.80. The van der Waals surface area contributed by atoms with E-state index in [1.807, 2.05) is 19.2 Å². The number of hydrogen-bond acceptors (Lipinski definition) is 3. The number of nitrogens with one attached hydrogen (secondary N) is 1. The quantitative estimate of drug-likeness (QED) is 0.871. The van der Waals surface area contributed by atoms with Gasteiger partial charge in [0.2, 0.25) is 5.91 Å². The minimum absolute atomic E-state index is 0.0142. The molecule has 0 saturated heterocycles. The van der Waals surface area contributed by atoms with E-state index in [2.05, 4.69) is 10.4 Å². The highest BCUT2D eigenvalue weighted by Crippen LogP contribution is 2.58. The van der Waals surface area contributed by atoms with Crippen LogP contribution in [-0.4, -0.2) is 32.9 Å². The van der Waals surface area contributed by atoms with Gasteiger partial charge in [0, 0.05) is 25.7 Å². The Balaban J connectivity index is 1.31. The molecule has 23 heavy (non-hydrogen) atoms. The summed E-state index contributed by atoms with van der Waals surface area (Å²) in [6.07, 6.45) is 8.32. The Bertz CT molecular complexity index is 567. The summed E-state index contributed by atoms with van der Waals surface area (Å²) < 4.78 is 1.80. The van der Waals surface area contributed by atoms with Crippen LogP contribution in [0.2, 0.25) is 0 Å². The summed E-state index contributed by atoms with van der Waals surface area (Å²) in [7, 11) is 0. The Labute approximate surface area is 137 Å². The maximum absolute atomic E-state index is 12.1. The fourth-order valence-electron chi connectivity index (χ4n) is 5.42. The van der Waals surface area contributed by atoms with Gasteiger partial charge in [0.25, 0.3) is 0 Å². The number of carbonyl (C=O) groups is 1. The van der Waals surface area contributed by atoms with Gasteiger partial charge in [-0.1, -0.05) is 0 Å². The van der Waals surface area contributed by atoms with Crippen LogP contribution in [0.3, 0.4) is 0 Å². The highest BCUT2D eigenvalue weighted by molar-refractivity contribution is 5.75. The van der Waals surface area contributed by atoms with Crippen molar-refractivity contribution in [3.8, 4) is 0 Å². The zero-order chi connectivity index (χ0) is 16.0. The van der Waals surface area contributed by atoms with Gasteiger partial charge in [-0.15, -0.1) is 0 Å². The SMILES string of the molecule is Cc1ccn(CCC(=O)NCC2(O)C3CC4CC(C3)CC2C4)n1. The zero-order valence-corrected chi connectivity index (χ0v) is 13.9. The zero-order valence-electron chi connectivity index (χ0n) is 13.9. The van der Waals surface area contributed by atoms with Crippen molar-refractivity contribution in [1.29, 1.82) is 0 Å². The number of hydrogen-bond donors (Lipinski definition) is 2. The van der Waals surface area contributed by atoms with Crippen molar-refractivity contribution < 1.29 is 9.90 Å².